The second-order valence-electron chi connectivity index (χ2n) is 6.61. The van der Waals surface area contributed by atoms with Gasteiger partial charge in [-0.25, -0.2) is 9.18 Å². The first-order valence-electron chi connectivity index (χ1n) is 9.02. The number of hydrogen-bond acceptors (Lipinski definition) is 6. The normalized spacial score (nSPS) is 15.1. The number of allylic oxidation sites excluding steroid dienone is 1. The van der Waals surface area contributed by atoms with E-state index < -0.39 is 11.8 Å². The number of fused-ring (bicyclic) bond motifs is 2. The van der Waals surface area contributed by atoms with Gasteiger partial charge in [0.15, 0.2) is 17.3 Å². The fourth-order valence-corrected chi connectivity index (χ4v) is 3.17. The SMILES string of the molecule is O=C(Oc1ccc2c(c1)OC(=Cc1cccc(F)c1)C2=O)c1ccc2c(c1)OCO2. The van der Waals surface area contributed by atoms with Crippen molar-refractivity contribution in [1.29, 1.82) is 0 Å². The zero-order valence-electron chi connectivity index (χ0n) is 15.4. The van der Waals surface area contributed by atoms with Crippen LogP contribution in [0.1, 0.15) is 26.3 Å². The second kappa shape index (κ2) is 7.04. The van der Waals surface area contributed by atoms with Gasteiger partial charge in [0.1, 0.15) is 17.3 Å². The molecule has 0 amide bonds. The van der Waals surface area contributed by atoms with Crippen LogP contribution >= 0.6 is 0 Å². The van der Waals surface area contributed by atoms with Crippen LogP contribution in [-0.2, 0) is 0 Å². The molecule has 0 saturated heterocycles. The predicted octanol–water partition coefficient (Wildman–Crippen LogP) is 4.39. The lowest BCUT2D eigenvalue weighted by Crippen LogP contribution is -2.08. The van der Waals surface area contributed by atoms with E-state index in [0.717, 1.165) is 0 Å². The van der Waals surface area contributed by atoms with E-state index in [-0.39, 0.29) is 29.8 Å². The largest absolute Gasteiger partial charge is 0.454 e. The van der Waals surface area contributed by atoms with Gasteiger partial charge in [0.25, 0.3) is 0 Å². The summed E-state index contributed by atoms with van der Waals surface area (Å²) in [6, 6.07) is 15.1. The summed E-state index contributed by atoms with van der Waals surface area (Å²) < 4.78 is 34.9. The van der Waals surface area contributed by atoms with Crippen LogP contribution in [0.4, 0.5) is 4.39 Å². The van der Waals surface area contributed by atoms with E-state index in [1.165, 1.54) is 42.5 Å². The molecule has 7 heteroatoms. The zero-order valence-corrected chi connectivity index (χ0v) is 15.4. The van der Waals surface area contributed by atoms with Crippen LogP contribution in [0.2, 0.25) is 0 Å². The lowest BCUT2D eigenvalue weighted by Gasteiger charge is -2.06. The molecule has 3 aromatic carbocycles. The van der Waals surface area contributed by atoms with Crippen molar-refractivity contribution in [3.8, 4) is 23.0 Å². The standard InChI is InChI=1S/C23H13FO6/c24-15-3-1-2-13(8-15)9-21-22(25)17-6-5-16(11-19(17)30-21)29-23(26)14-4-7-18-20(10-14)28-12-27-18/h1-11H,12H2. The average molecular weight is 404 g/mol. The van der Waals surface area contributed by atoms with E-state index in [0.29, 0.717) is 28.2 Å². The highest BCUT2D eigenvalue weighted by Gasteiger charge is 2.28. The molecule has 0 aliphatic carbocycles. The molecule has 2 heterocycles. The molecule has 0 aromatic heterocycles. The molecule has 0 N–H and O–H groups in total. The van der Waals surface area contributed by atoms with Crippen molar-refractivity contribution < 1.29 is 32.9 Å². The highest BCUT2D eigenvalue weighted by Crippen LogP contribution is 2.36. The molecular weight excluding hydrogens is 391 g/mol. The number of ether oxygens (including phenoxy) is 4. The van der Waals surface area contributed by atoms with E-state index in [2.05, 4.69) is 0 Å². The van der Waals surface area contributed by atoms with Crippen LogP contribution in [0.25, 0.3) is 6.08 Å². The monoisotopic (exact) mass is 404 g/mol. The number of hydrogen-bond donors (Lipinski definition) is 0. The summed E-state index contributed by atoms with van der Waals surface area (Å²) >= 11 is 0. The summed E-state index contributed by atoms with van der Waals surface area (Å²) in [4.78, 5) is 25.0. The Kier molecular flexibility index (Phi) is 4.21. The molecule has 148 valence electrons. The number of Topliss-reactive ketones (excluding diaryl/α,β-unsaturated/α-hetero) is 1. The Balaban J connectivity index is 1.36. The van der Waals surface area contributed by atoms with Gasteiger partial charge in [0.05, 0.1) is 11.1 Å². The molecule has 5 rings (SSSR count). The van der Waals surface area contributed by atoms with Crippen LogP contribution in [-0.4, -0.2) is 18.5 Å². The molecule has 0 atom stereocenters. The van der Waals surface area contributed by atoms with Gasteiger partial charge in [-0.3, -0.25) is 4.79 Å². The molecule has 0 unspecified atom stereocenters. The second-order valence-corrected chi connectivity index (χ2v) is 6.61. The molecule has 2 aliphatic rings. The first-order chi connectivity index (χ1) is 14.6. The van der Waals surface area contributed by atoms with Crippen LogP contribution in [0.5, 0.6) is 23.0 Å². The maximum atomic E-state index is 13.4. The number of ketones is 1. The molecular formula is C23H13FO6. The third-order valence-electron chi connectivity index (χ3n) is 4.61. The van der Waals surface area contributed by atoms with Crippen molar-refractivity contribution in [2.75, 3.05) is 6.79 Å². The Labute approximate surface area is 170 Å². The van der Waals surface area contributed by atoms with Gasteiger partial charge in [-0.2, -0.15) is 0 Å². The molecule has 3 aromatic rings. The number of benzene rings is 3. The summed E-state index contributed by atoms with van der Waals surface area (Å²) in [7, 11) is 0. The quantitative estimate of drug-likeness (QED) is 0.366. The molecule has 0 radical (unpaired) electrons. The Bertz CT molecular complexity index is 1230. The maximum Gasteiger partial charge on any atom is 0.343 e. The van der Waals surface area contributed by atoms with Crippen molar-refractivity contribution >= 4 is 17.8 Å². The van der Waals surface area contributed by atoms with Crippen molar-refractivity contribution in [3.05, 3.63) is 88.9 Å². The fourth-order valence-electron chi connectivity index (χ4n) is 3.17. The summed E-state index contributed by atoms with van der Waals surface area (Å²) in [5.74, 6) is 0.249. The summed E-state index contributed by atoms with van der Waals surface area (Å²) in [5.41, 5.74) is 1.13. The van der Waals surface area contributed by atoms with Gasteiger partial charge in [-0.15, -0.1) is 0 Å². The third kappa shape index (κ3) is 3.26. The van der Waals surface area contributed by atoms with Crippen molar-refractivity contribution in [1.82, 2.24) is 0 Å². The Morgan fingerprint density at radius 2 is 1.83 bits per heavy atom. The summed E-state index contributed by atoms with van der Waals surface area (Å²) in [6.45, 7) is 0.107. The predicted molar refractivity (Wildman–Crippen MR) is 103 cm³/mol. The number of carbonyl (C=O) groups is 2. The van der Waals surface area contributed by atoms with Gasteiger partial charge in [-0.05, 0) is 54.1 Å². The lowest BCUT2D eigenvalue weighted by molar-refractivity contribution is 0.0734. The minimum absolute atomic E-state index is 0.0647. The van der Waals surface area contributed by atoms with Crippen molar-refractivity contribution in [2.45, 2.75) is 0 Å². The van der Waals surface area contributed by atoms with Crippen LogP contribution in [0, 0.1) is 5.82 Å². The van der Waals surface area contributed by atoms with Crippen LogP contribution in [0.3, 0.4) is 0 Å². The number of halogens is 1. The number of carbonyl (C=O) groups excluding carboxylic acids is 2. The highest BCUT2D eigenvalue weighted by atomic mass is 19.1. The highest BCUT2D eigenvalue weighted by molar-refractivity contribution is 6.14. The van der Waals surface area contributed by atoms with Crippen molar-refractivity contribution in [3.63, 3.8) is 0 Å². The van der Waals surface area contributed by atoms with Gasteiger partial charge >= 0.3 is 5.97 Å². The Hall–Kier alpha value is -4.13. The lowest BCUT2D eigenvalue weighted by atomic mass is 10.1. The molecule has 0 saturated carbocycles. The minimum Gasteiger partial charge on any atom is -0.454 e. The van der Waals surface area contributed by atoms with Crippen LogP contribution < -0.4 is 18.9 Å². The molecule has 0 fully saturated rings. The molecule has 6 nitrogen and oxygen atoms in total. The summed E-state index contributed by atoms with van der Waals surface area (Å²) in [5, 5.41) is 0. The fraction of sp³-hybridized carbons (Fsp3) is 0.0435. The van der Waals surface area contributed by atoms with Gasteiger partial charge in [-0.1, -0.05) is 12.1 Å². The van der Waals surface area contributed by atoms with Crippen molar-refractivity contribution in [2.24, 2.45) is 0 Å². The first-order valence-corrected chi connectivity index (χ1v) is 9.02. The van der Waals surface area contributed by atoms with E-state index >= 15 is 0 Å². The zero-order chi connectivity index (χ0) is 20.7. The summed E-state index contributed by atoms with van der Waals surface area (Å²) in [6.07, 6.45) is 1.46. The molecule has 2 aliphatic heterocycles. The Morgan fingerprint density at radius 1 is 0.967 bits per heavy atom. The van der Waals surface area contributed by atoms with Gasteiger partial charge in [0, 0.05) is 6.07 Å². The first kappa shape index (κ1) is 17.9. The van der Waals surface area contributed by atoms with E-state index in [1.807, 2.05) is 0 Å². The topological polar surface area (TPSA) is 71.1 Å². The van der Waals surface area contributed by atoms with E-state index in [4.69, 9.17) is 18.9 Å². The van der Waals surface area contributed by atoms with Crippen LogP contribution in [0.15, 0.2) is 66.4 Å². The maximum absolute atomic E-state index is 13.4. The molecule has 0 spiro atoms. The number of rotatable bonds is 3. The average Bonchev–Trinajstić information content (AvgIpc) is 3.32. The smallest absolute Gasteiger partial charge is 0.343 e. The Morgan fingerprint density at radius 3 is 2.70 bits per heavy atom. The minimum atomic E-state index is -0.590. The van der Waals surface area contributed by atoms with Gasteiger partial charge in [0.2, 0.25) is 12.6 Å². The molecule has 30 heavy (non-hydrogen) atoms. The molecule has 0 bridgehead atoms. The third-order valence-corrected chi connectivity index (χ3v) is 4.61. The van der Waals surface area contributed by atoms with Gasteiger partial charge < -0.3 is 18.9 Å². The number of esters is 1. The van der Waals surface area contributed by atoms with E-state index in [1.54, 1.807) is 24.3 Å². The van der Waals surface area contributed by atoms with E-state index in [9.17, 15) is 14.0 Å².